The minimum absolute atomic E-state index is 0.118. The topological polar surface area (TPSA) is 168 Å². The van der Waals surface area contributed by atoms with Crippen LogP contribution in [0.4, 0.5) is 11.4 Å². The van der Waals surface area contributed by atoms with Gasteiger partial charge in [0.05, 0.1) is 53.0 Å². The molecule has 220 valence electrons. The zero-order valence-electron chi connectivity index (χ0n) is 22.5. The summed E-state index contributed by atoms with van der Waals surface area (Å²) in [5.41, 5.74) is 3.01. The fourth-order valence-corrected chi connectivity index (χ4v) is 5.33. The first-order valence-corrected chi connectivity index (χ1v) is 13.4. The maximum absolute atomic E-state index is 10.9. The van der Waals surface area contributed by atoms with Crippen LogP contribution in [0.3, 0.4) is 0 Å². The van der Waals surface area contributed by atoms with Gasteiger partial charge in [-0.05, 0) is 24.3 Å². The standard InChI is InChI=1S/C28H27Cl2N5O7/c1-40-23-9-18-21(32-13-16(12-31)26(18)33-22-11-24(41-2)20(30)10-19(22)29)8-17(23)15-7-25(42-14-15)27(36)34-3-5-35(6-4-34)28(37,38)39/h7-11,13-14,27,36-39H,3-6H2,1-2H3,(H,32,33). The summed E-state index contributed by atoms with van der Waals surface area (Å²) in [6.07, 6.45) is -1.08. The molecule has 5 rings (SSSR count). The number of aromatic nitrogens is 1. The highest BCUT2D eigenvalue weighted by molar-refractivity contribution is 6.37. The van der Waals surface area contributed by atoms with E-state index in [-0.39, 0.29) is 37.5 Å². The van der Waals surface area contributed by atoms with Gasteiger partial charge in [0.1, 0.15) is 23.3 Å². The fraction of sp³-hybridized carbons (Fsp3) is 0.286. The first kappa shape index (κ1) is 29.8. The zero-order chi connectivity index (χ0) is 30.2. The molecule has 0 amide bonds. The van der Waals surface area contributed by atoms with E-state index in [0.717, 1.165) is 4.90 Å². The molecule has 1 unspecified atom stereocenters. The number of methoxy groups -OCH3 is 2. The third-order valence-electron chi connectivity index (χ3n) is 7.08. The highest BCUT2D eigenvalue weighted by atomic mass is 35.5. The zero-order valence-corrected chi connectivity index (χ0v) is 24.0. The van der Waals surface area contributed by atoms with Crippen molar-refractivity contribution in [3.63, 3.8) is 0 Å². The van der Waals surface area contributed by atoms with Gasteiger partial charge >= 0.3 is 6.10 Å². The molecule has 1 fully saturated rings. The van der Waals surface area contributed by atoms with Gasteiger partial charge < -0.3 is 39.6 Å². The van der Waals surface area contributed by atoms with Crippen molar-refractivity contribution in [2.24, 2.45) is 0 Å². The van der Waals surface area contributed by atoms with Crippen LogP contribution >= 0.6 is 23.2 Å². The Balaban J connectivity index is 1.47. The molecule has 0 radical (unpaired) electrons. The molecule has 14 heteroatoms. The number of nitriles is 1. The van der Waals surface area contributed by atoms with Crippen LogP contribution in [0.25, 0.3) is 22.0 Å². The Morgan fingerprint density at radius 1 is 1.02 bits per heavy atom. The molecule has 42 heavy (non-hydrogen) atoms. The van der Waals surface area contributed by atoms with Gasteiger partial charge in [-0.1, -0.05) is 23.2 Å². The lowest BCUT2D eigenvalue weighted by molar-refractivity contribution is -0.397. The lowest BCUT2D eigenvalue weighted by atomic mass is 10.0. The fourth-order valence-electron chi connectivity index (χ4n) is 4.82. The Hall–Kier alpha value is -3.64. The summed E-state index contributed by atoms with van der Waals surface area (Å²) in [7, 11) is 3.00. The van der Waals surface area contributed by atoms with Gasteiger partial charge in [-0.15, -0.1) is 0 Å². The van der Waals surface area contributed by atoms with Crippen LogP contribution in [0.2, 0.25) is 10.0 Å². The van der Waals surface area contributed by atoms with E-state index in [4.69, 9.17) is 37.1 Å². The van der Waals surface area contributed by atoms with Gasteiger partial charge in [-0.3, -0.25) is 9.88 Å². The van der Waals surface area contributed by atoms with Gasteiger partial charge in [0, 0.05) is 55.0 Å². The Kier molecular flexibility index (Phi) is 8.47. The van der Waals surface area contributed by atoms with E-state index in [1.54, 1.807) is 35.2 Å². The smallest absolute Gasteiger partial charge is 0.345 e. The maximum Gasteiger partial charge on any atom is 0.345 e. The molecule has 1 saturated heterocycles. The van der Waals surface area contributed by atoms with Crippen LogP contribution in [-0.4, -0.2) is 81.7 Å². The minimum atomic E-state index is -2.91. The second-order valence-electron chi connectivity index (χ2n) is 9.55. The van der Waals surface area contributed by atoms with Gasteiger partial charge in [0.25, 0.3) is 0 Å². The number of anilines is 2. The minimum Gasteiger partial charge on any atom is -0.496 e. The predicted octanol–water partition coefficient (Wildman–Crippen LogP) is 3.63. The largest absolute Gasteiger partial charge is 0.496 e. The molecular weight excluding hydrogens is 589 g/mol. The number of aliphatic hydroxyl groups excluding tert-OH is 1. The number of hydrogen-bond donors (Lipinski definition) is 5. The Morgan fingerprint density at radius 2 is 1.74 bits per heavy atom. The number of fused-ring (bicyclic) bond motifs is 1. The Bertz CT molecular complexity index is 1660. The van der Waals surface area contributed by atoms with E-state index in [0.29, 0.717) is 54.9 Å². The highest BCUT2D eigenvalue weighted by Crippen LogP contribution is 2.41. The molecule has 0 saturated carbocycles. The number of nitrogens with one attached hydrogen (secondary N) is 1. The Labute approximate surface area is 250 Å². The molecule has 1 atom stereocenters. The second-order valence-corrected chi connectivity index (χ2v) is 10.4. The number of hydrogen-bond acceptors (Lipinski definition) is 12. The number of benzene rings is 2. The summed E-state index contributed by atoms with van der Waals surface area (Å²) in [6, 6.07) is 10.5. The van der Waals surface area contributed by atoms with Crippen molar-refractivity contribution in [1.82, 2.24) is 14.8 Å². The molecule has 0 bridgehead atoms. The molecule has 1 aliphatic rings. The lowest BCUT2D eigenvalue weighted by Gasteiger charge is -2.39. The third kappa shape index (κ3) is 5.82. The van der Waals surface area contributed by atoms with E-state index >= 15 is 0 Å². The molecule has 4 aromatic rings. The summed E-state index contributed by atoms with van der Waals surface area (Å²) < 4.78 is 16.7. The van der Waals surface area contributed by atoms with E-state index in [2.05, 4.69) is 16.4 Å². The van der Waals surface area contributed by atoms with E-state index in [9.17, 15) is 25.7 Å². The third-order valence-corrected chi connectivity index (χ3v) is 7.69. The number of ether oxygens (including phenoxy) is 2. The van der Waals surface area contributed by atoms with Crippen molar-refractivity contribution in [3.05, 3.63) is 64.2 Å². The van der Waals surface area contributed by atoms with Crippen molar-refractivity contribution in [1.29, 1.82) is 5.26 Å². The van der Waals surface area contributed by atoms with E-state index < -0.39 is 12.3 Å². The molecular formula is C28H27Cl2N5O7. The molecule has 0 aliphatic carbocycles. The molecule has 2 aromatic carbocycles. The van der Waals surface area contributed by atoms with Crippen LogP contribution in [0.1, 0.15) is 17.6 Å². The molecule has 0 spiro atoms. The average molecular weight is 616 g/mol. The summed E-state index contributed by atoms with van der Waals surface area (Å²) in [5.74, 6) is 1.14. The first-order valence-electron chi connectivity index (χ1n) is 12.7. The van der Waals surface area contributed by atoms with Crippen LogP contribution in [0.5, 0.6) is 11.5 Å². The van der Waals surface area contributed by atoms with Crippen LogP contribution in [-0.2, 0) is 0 Å². The van der Waals surface area contributed by atoms with Crippen LogP contribution in [0, 0.1) is 11.3 Å². The number of nitrogens with zero attached hydrogens (tertiary/aromatic N) is 4. The van der Waals surface area contributed by atoms with E-state index in [1.165, 1.54) is 26.7 Å². The maximum atomic E-state index is 10.9. The molecule has 1 aliphatic heterocycles. The van der Waals surface area contributed by atoms with E-state index in [1.807, 2.05) is 0 Å². The van der Waals surface area contributed by atoms with Gasteiger partial charge in [0.2, 0.25) is 0 Å². The number of pyridine rings is 1. The number of rotatable bonds is 8. The summed E-state index contributed by atoms with van der Waals surface area (Å²) in [6.45, 7) is 0.745. The summed E-state index contributed by atoms with van der Waals surface area (Å²) in [4.78, 5) is 7.24. The van der Waals surface area contributed by atoms with Crippen LogP contribution in [0.15, 0.2) is 47.2 Å². The molecule has 12 nitrogen and oxygen atoms in total. The number of piperazine rings is 1. The second kappa shape index (κ2) is 11.9. The Morgan fingerprint density at radius 3 is 2.38 bits per heavy atom. The lowest BCUT2D eigenvalue weighted by Crippen LogP contribution is -2.57. The monoisotopic (exact) mass is 615 g/mol. The average Bonchev–Trinajstić information content (AvgIpc) is 3.47. The van der Waals surface area contributed by atoms with Crippen molar-refractivity contribution in [2.45, 2.75) is 12.3 Å². The van der Waals surface area contributed by atoms with Crippen LogP contribution < -0.4 is 14.8 Å². The summed E-state index contributed by atoms with van der Waals surface area (Å²) >= 11 is 12.6. The van der Waals surface area contributed by atoms with Gasteiger partial charge in [-0.25, -0.2) is 4.90 Å². The molecule has 3 heterocycles. The molecule has 2 aromatic heterocycles. The van der Waals surface area contributed by atoms with Crippen molar-refractivity contribution >= 4 is 45.5 Å². The van der Waals surface area contributed by atoms with Gasteiger partial charge in [-0.2, -0.15) is 5.26 Å². The van der Waals surface area contributed by atoms with Crippen molar-refractivity contribution in [2.75, 3.05) is 45.7 Å². The summed E-state index contributed by atoms with van der Waals surface area (Å²) in [5, 5.41) is 53.4. The quantitative estimate of drug-likeness (QED) is 0.183. The SMILES string of the molecule is COc1cc(Nc2c(C#N)cnc3cc(-c4coc(C(O)N5CCN(C(O)(O)O)CC5)c4)c(OC)cc23)c(Cl)cc1Cl. The van der Waals surface area contributed by atoms with Gasteiger partial charge in [0.15, 0.2) is 6.23 Å². The number of aliphatic hydroxyl groups is 4. The van der Waals surface area contributed by atoms with Crippen molar-refractivity contribution < 1.29 is 34.3 Å². The highest BCUT2D eigenvalue weighted by Gasteiger charge is 2.34. The van der Waals surface area contributed by atoms with Crippen molar-refractivity contribution in [3.8, 4) is 28.7 Å². The molecule has 5 N–H and O–H groups in total. The normalized spacial score (nSPS) is 15.4. The number of halogens is 2. The number of furan rings is 1. The predicted molar refractivity (Wildman–Crippen MR) is 155 cm³/mol. The first-order chi connectivity index (χ1) is 20.0.